The first-order valence-electron chi connectivity index (χ1n) is 5.52. The maximum absolute atomic E-state index is 12.7. The summed E-state index contributed by atoms with van der Waals surface area (Å²) in [7, 11) is 1.69. The van der Waals surface area contributed by atoms with Crippen LogP contribution >= 0.6 is 0 Å². The molecule has 0 aliphatic carbocycles. The maximum atomic E-state index is 12.7. The minimum absolute atomic E-state index is 0.376. The molecule has 2 aromatic heterocycles. The van der Waals surface area contributed by atoms with E-state index in [1.807, 2.05) is 0 Å². The summed E-state index contributed by atoms with van der Waals surface area (Å²) in [4.78, 5) is 8.34. The summed E-state index contributed by atoms with van der Waals surface area (Å²) in [5, 5.41) is 2.88. The van der Waals surface area contributed by atoms with Crippen LogP contribution in [0.3, 0.4) is 0 Å². The van der Waals surface area contributed by atoms with Crippen LogP contribution in [0, 0.1) is 0 Å². The van der Waals surface area contributed by atoms with Gasteiger partial charge >= 0.3 is 6.18 Å². The molecule has 3 aromatic rings. The molecule has 0 radical (unpaired) electrons. The van der Waals surface area contributed by atoms with Gasteiger partial charge in [0.05, 0.1) is 16.6 Å². The SMILES string of the molecule is CNc1nc2ccc(C(F)(F)F)cc2n2ccnc12. The standard InChI is InChI=1S/C12H9F3N4/c1-16-10-11-17-4-5-19(11)9-6-7(12(13,14)15)2-3-8(9)18-10/h2-6H,1H3,(H,16,18). The molecule has 4 nitrogen and oxygen atoms in total. The van der Waals surface area contributed by atoms with E-state index in [1.165, 1.54) is 12.3 Å². The topological polar surface area (TPSA) is 42.2 Å². The Morgan fingerprint density at radius 2 is 2.05 bits per heavy atom. The molecule has 0 atom stereocenters. The van der Waals surface area contributed by atoms with Gasteiger partial charge < -0.3 is 5.32 Å². The fourth-order valence-electron chi connectivity index (χ4n) is 2.00. The van der Waals surface area contributed by atoms with Crippen molar-refractivity contribution < 1.29 is 13.2 Å². The highest BCUT2D eigenvalue weighted by Gasteiger charge is 2.30. The molecule has 1 aromatic carbocycles. The van der Waals surface area contributed by atoms with E-state index in [1.54, 1.807) is 17.6 Å². The first kappa shape index (κ1) is 11.8. The van der Waals surface area contributed by atoms with Crippen molar-refractivity contribution >= 4 is 22.5 Å². The predicted molar refractivity (Wildman–Crippen MR) is 65.0 cm³/mol. The third kappa shape index (κ3) is 1.78. The van der Waals surface area contributed by atoms with Gasteiger partial charge in [0.25, 0.3) is 0 Å². The molecule has 0 bridgehead atoms. The molecule has 0 saturated carbocycles. The zero-order chi connectivity index (χ0) is 13.6. The number of benzene rings is 1. The molecular weight excluding hydrogens is 257 g/mol. The van der Waals surface area contributed by atoms with Crippen molar-refractivity contribution in [1.82, 2.24) is 14.4 Å². The van der Waals surface area contributed by atoms with E-state index >= 15 is 0 Å². The lowest BCUT2D eigenvalue weighted by atomic mass is 10.2. The second-order valence-electron chi connectivity index (χ2n) is 4.03. The molecule has 0 aliphatic heterocycles. The first-order valence-corrected chi connectivity index (χ1v) is 5.52. The highest BCUT2D eigenvalue weighted by atomic mass is 19.4. The van der Waals surface area contributed by atoms with Crippen molar-refractivity contribution in [1.29, 1.82) is 0 Å². The lowest BCUT2D eigenvalue weighted by Gasteiger charge is -2.10. The molecule has 1 N–H and O–H groups in total. The van der Waals surface area contributed by atoms with Gasteiger partial charge in [-0.15, -0.1) is 0 Å². The van der Waals surface area contributed by atoms with Crippen LogP contribution in [0.2, 0.25) is 0 Å². The molecule has 98 valence electrons. The minimum atomic E-state index is -4.37. The van der Waals surface area contributed by atoms with Crippen LogP contribution in [0.4, 0.5) is 19.0 Å². The molecule has 0 aliphatic rings. The summed E-state index contributed by atoms with van der Waals surface area (Å²) >= 11 is 0. The fourth-order valence-corrected chi connectivity index (χ4v) is 2.00. The Bertz CT molecular complexity index is 761. The number of fused-ring (bicyclic) bond motifs is 3. The summed E-state index contributed by atoms with van der Waals surface area (Å²) in [6.45, 7) is 0. The number of halogens is 3. The lowest BCUT2D eigenvalue weighted by molar-refractivity contribution is -0.137. The molecule has 7 heteroatoms. The highest BCUT2D eigenvalue weighted by molar-refractivity contribution is 5.83. The normalized spacial score (nSPS) is 12.2. The van der Waals surface area contributed by atoms with Crippen molar-refractivity contribution in [2.75, 3.05) is 12.4 Å². The van der Waals surface area contributed by atoms with Gasteiger partial charge in [0.2, 0.25) is 0 Å². The van der Waals surface area contributed by atoms with E-state index < -0.39 is 11.7 Å². The van der Waals surface area contributed by atoms with E-state index in [2.05, 4.69) is 15.3 Å². The van der Waals surface area contributed by atoms with E-state index in [0.29, 0.717) is 22.5 Å². The van der Waals surface area contributed by atoms with Crippen molar-refractivity contribution in [3.05, 3.63) is 36.2 Å². The molecular formula is C12H9F3N4. The number of anilines is 1. The van der Waals surface area contributed by atoms with Crippen LogP contribution < -0.4 is 5.32 Å². The molecule has 0 unspecified atom stereocenters. The number of rotatable bonds is 1. The van der Waals surface area contributed by atoms with E-state index in [-0.39, 0.29) is 0 Å². The maximum Gasteiger partial charge on any atom is 0.416 e. The van der Waals surface area contributed by atoms with Gasteiger partial charge in [0, 0.05) is 19.4 Å². The highest BCUT2D eigenvalue weighted by Crippen LogP contribution is 2.31. The smallest absolute Gasteiger partial charge is 0.370 e. The van der Waals surface area contributed by atoms with E-state index in [9.17, 15) is 13.2 Å². The second kappa shape index (κ2) is 3.84. The summed E-state index contributed by atoms with van der Waals surface area (Å²) in [6, 6.07) is 3.46. The van der Waals surface area contributed by atoms with E-state index in [0.717, 1.165) is 12.1 Å². The first-order chi connectivity index (χ1) is 9.00. The average molecular weight is 266 g/mol. The number of imidazole rings is 1. The van der Waals surface area contributed by atoms with Gasteiger partial charge in [-0.1, -0.05) is 0 Å². The summed E-state index contributed by atoms with van der Waals surface area (Å²) < 4.78 is 39.8. The summed E-state index contributed by atoms with van der Waals surface area (Å²) in [6.07, 6.45) is -1.24. The molecule has 19 heavy (non-hydrogen) atoms. The zero-order valence-electron chi connectivity index (χ0n) is 9.86. The van der Waals surface area contributed by atoms with Crippen LogP contribution in [0.5, 0.6) is 0 Å². The Balaban J connectivity index is 2.39. The second-order valence-corrected chi connectivity index (χ2v) is 4.03. The summed E-state index contributed by atoms with van der Waals surface area (Å²) in [5.74, 6) is 0.525. The van der Waals surface area contributed by atoms with Crippen LogP contribution in [0.1, 0.15) is 5.56 Å². The number of alkyl halides is 3. The van der Waals surface area contributed by atoms with Gasteiger partial charge in [0.15, 0.2) is 11.5 Å². The van der Waals surface area contributed by atoms with Crippen molar-refractivity contribution in [3.8, 4) is 0 Å². The lowest BCUT2D eigenvalue weighted by Crippen LogP contribution is -2.06. The number of nitrogens with one attached hydrogen (secondary N) is 1. The Labute approximate surface area is 105 Å². The van der Waals surface area contributed by atoms with Crippen LogP contribution in [-0.4, -0.2) is 21.4 Å². The predicted octanol–water partition coefficient (Wildman–Crippen LogP) is 2.94. The van der Waals surface area contributed by atoms with Crippen LogP contribution in [-0.2, 0) is 6.18 Å². The van der Waals surface area contributed by atoms with Crippen molar-refractivity contribution in [3.63, 3.8) is 0 Å². The third-order valence-electron chi connectivity index (χ3n) is 2.88. The summed E-state index contributed by atoms with van der Waals surface area (Å²) in [5.41, 5.74) is 0.646. The van der Waals surface area contributed by atoms with Crippen molar-refractivity contribution in [2.24, 2.45) is 0 Å². The Kier molecular flexibility index (Phi) is 2.38. The number of nitrogens with zero attached hydrogens (tertiary/aromatic N) is 3. The van der Waals surface area contributed by atoms with Crippen LogP contribution in [0.25, 0.3) is 16.7 Å². The van der Waals surface area contributed by atoms with Gasteiger partial charge in [-0.3, -0.25) is 4.40 Å². The number of aromatic nitrogens is 3. The Morgan fingerprint density at radius 1 is 1.26 bits per heavy atom. The van der Waals surface area contributed by atoms with Gasteiger partial charge in [-0.2, -0.15) is 13.2 Å². The van der Waals surface area contributed by atoms with Gasteiger partial charge in [-0.05, 0) is 18.2 Å². The molecule has 0 spiro atoms. The molecule has 2 heterocycles. The molecule has 3 rings (SSSR count). The molecule has 0 saturated heterocycles. The quantitative estimate of drug-likeness (QED) is 0.736. The third-order valence-corrected chi connectivity index (χ3v) is 2.88. The monoisotopic (exact) mass is 266 g/mol. The minimum Gasteiger partial charge on any atom is -0.370 e. The van der Waals surface area contributed by atoms with Gasteiger partial charge in [0.1, 0.15) is 0 Å². The Morgan fingerprint density at radius 3 is 2.74 bits per heavy atom. The Hall–Kier alpha value is -2.31. The van der Waals surface area contributed by atoms with E-state index in [4.69, 9.17) is 0 Å². The molecule has 0 amide bonds. The largest absolute Gasteiger partial charge is 0.416 e. The number of hydrogen-bond acceptors (Lipinski definition) is 3. The van der Waals surface area contributed by atoms with Crippen molar-refractivity contribution in [2.45, 2.75) is 6.18 Å². The fraction of sp³-hybridized carbons (Fsp3) is 0.167. The number of hydrogen-bond donors (Lipinski definition) is 1. The average Bonchev–Trinajstić information content (AvgIpc) is 2.85. The zero-order valence-corrected chi connectivity index (χ0v) is 9.86. The van der Waals surface area contributed by atoms with Gasteiger partial charge in [-0.25, -0.2) is 9.97 Å². The molecule has 0 fully saturated rings. The van der Waals surface area contributed by atoms with Crippen LogP contribution in [0.15, 0.2) is 30.6 Å².